The molecule has 0 aliphatic carbocycles. The summed E-state index contributed by atoms with van der Waals surface area (Å²) in [6.07, 6.45) is 0.856. The minimum Gasteiger partial charge on any atom is -0.480 e. The fraction of sp³-hybridized carbons (Fsp3) is 0.385. The zero-order valence-electron chi connectivity index (χ0n) is 10.3. The molecule has 1 aromatic carbocycles. The largest absolute Gasteiger partial charge is 0.480 e. The Morgan fingerprint density at radius 3 is 2.84 bits per heavy atom. The summed E-state index contributed by atoms with van der Waals surface area (Å²) in [5.74, 6) is -1.85. The van der Waals surface area contributed by atoms with Gasteiger partial charge in [-0.05, 0) is 18.1 Å². The first-order chi connectivity index (χ1) is 9.11. The van der Waals surface area contributed by atoms with Crippen molar-refractivity contribution in [2.24, 2.45) is 0 Å². The first kappa shape index (κ1) is 13.3. The number of halogens is 1. The summed E-state index contributed by atoms with van der Waals surface area (Å²) in [5, 5.41) is 10.8. The normalized spacial score (nSPS) is 14.9. The molecule has 0 aromatic heterocycles. The van der Waals surface area contributed by atoms with E-state index in [1.54, 1.807) is 0 Å². The van der Waals surface area contributed by atoms with E-state index in [1.807, 2.05) is 29.2 Å². The predicted molar refractivity (Wildman–Crippen MR) is 67.9 cm³/mol. The predicted octanol–water partition coefficient (Wildman–Crippen LogP) is 0.588. The van der Waals surface area contributed by atoms with Crippen molar-refractivity contribution < 1.29 is 19.1 Å². The van der Waals surface area contributed by atoms with E-state index in [2.05, 4.69) is 5.32 Å². The van der Waals surface area contributed by atoms with Gasteiger partial charge in [0.1, 0.15) is 6.67 Å². The number of carboxylic acids is 1. The van der Waals surface area contributed by atoms with Crippen LogP contribution in [0, 0.1) is 0 Å². The highest BCUT2D eigenvalue weighted by molar-refractivity contribution is 5.87. The molecule has 1 heterocycles. The van der Waals surface area contributed by atoms with Gasteiger partial charge in [0.2, 0.25) is 5.91 Å². The average molecular weight is 266 g/mol. The van der Waals surface area contributed by atoms with Crippen LogP contribution >= 0.6 is 0 Å². The Labute approximate surface area is 110 Å². The number of nitrogens with one attached hydrogen (secondary N) is 1. The molecule has 2 rings (SSSR count). The molecule has 1 atom stereocenters. The van der Waals surface area contributed by atoms with E-state index in [0.29, 0.717) is 6.54 Å². The van der Waals surface area contributed by atoms with Gasteiger partial charge in [-0.25, -0.2) is 9.18 Å². The lowest BCUT2D eigenvalue weighted by Gasteiger charge is -2.20. The van der Waals surface area contributed by atoms with E-state index in [9.17, 15) is 14.0 Å². The van der Waals surface area contributed by atoms with Gasteiger partial charge in [0.25, 0.3) is 0 Å². The van der Waals surface area contributed by atoms with Gasteiger partial charge in [-0.3, -0.25) is 4.79 Å². The van der Waals surface area contributed by atoms with Crippen LogP contribution in [0.15, 0.2) is 24.3 Å². The summed E-state index contributed by atoms with van der Waals surface area (Å²) in [7, 11) is 0. The molecule has 0 spiro atoms. The molecule has 1 aliphatic rings. The van der Waals surface area contributed by atoms with Crippen molar-refractivity contribution >= 4 is 17.6 Å². The molecule has 5 nitrogen and oxygen atoms in total. The second kappa shape index (κ2) is 5.69. The molecule has 0 saturated carbocycles. The Balaban J connectivity index is 1.96. The summed E-state index contributed by atoms with van der Waals surface area (Å²) < 4.78 is 12.4. The Bertz CT molecular complexity index is 493. The number of carbonyl (C=O) groups excluding carboxylic acids is 1. The molecule has 0 fully saturated rings. The second-order valence-electron chi connectivity index (χ2n) is 4.41. The molecule has 1 aromatic rings. The van der Waals surface area contributed by atoms with E-state index in [1.165, 1.54) is 0 Å². The van der Waals surface area contributed by atoms with Crippen molar-refractivity contribution in [1.29, 1.82) is 0 Å². The Kier molecular flexibility index (Phi) is 3.99. The lowest BCUT2D eigenvalue weighted by atomic mass is 10.2. The van der Waals surface area contributed by atoms with Crippen LogP contribution in [-0.4, -0.2) is 42.8 Å². The average Bonchev–Trinajstić information content (AvgIpc) is 2.79. The molecule has 1 unspecified atom stereocenters. The van der Waals surface area contributed by atoms with E-state index in [4.69, 9.17) is 5.11 Å². The number of para-hydroxylation sites is 1. The molecule has 102 valence electrons. The minimum absolute atomic E-state index is 0.0425. The third kappa shape index (κ3) is 3.01. The fourth-order valence-corrected chi connectivity index (χ4v) is 2.15. The maximum atomic E-state index is 12.4. The van der Waals surface area contributed by atoms with Crippen LogP contribution in [0.1, 0.15) is 5.56 Å². The summed E-state index contributed by atoms with van der Waals surface area (Å²) in [5.41, 5.74) is 2.14. The van der Waals surface area contributed by atoms with Crippen LogP contribution in [0.3, 0.4) is 0 Å². The van der Waals surface area contributed by atoms with E-state index in [0.717, 1.165) is 17.7 Å². The van der Waals surface area contributed by atoms with Crippen molar-refractivity contribution in [2.75, 3.05) is 24.7 Å². The molecule has 1 amide bonds. The highest BCUT2D eigenvalue weighted by Gasteiger charge is 2.24. The highest BCUT2D eigenvalue weighted by atomic mass is 19.1. The molecular weight excluding hydrogens is 251 g/mol. The Hall–Kier alpha value is -2.11. The second-order valence-corrected chi connectivity index (χ2v) is 4.41. The first-order valence-electron chi connectivity index (χ1n) is 6.03. The van der Waals surface area contributed by atoms with Crippen molar-refractivity contribution in [3.8, 4) is 0 Å². The number of benzene rings is 1. The summed E-state index contributed by atoms with van der Waals surface area (Å²) in [6, 6.07) is 6.27. The topological polar surface area (TPSA) is 69.6 Å². The Morgan fingerprint density at radius 1 is 1.42 bits per heavy atom. The third-order valence-corrected chi connectivity index (χ3v) is 3.11. The lowest BCUT2D eigenvalue weighted by Crippen LogP contribution is -2.46. The van der Waals surface area contributed by atoms with Crippen LogP contribution in [-0.2, 0) is 16.0 Å². The van der Waals surface area contributed by atoms with Crippen LogP contribution in [0.25, 0.3) is 0 Å². The maximum Gasteiger partial charge on any atom is 0.328 e. The van der Waals surface area contributed by atoms with Crippen molar-refractivity contribution in [3.63, 3.8) is 0 Å². The number of nitrogens with zero attached hydrogens (tertiary/aromatic N) is 1. The van der Waals surface area contributed by atoms with Gasteiger partial charge in [0.05, 0.1) is 6.54 Å². The summed E-state index contributed by atoms with van der Waals surface area (Å²) >= 11 is 0. The van der Waals surface area contributed by atoms with Gasteiger partial charge in [0.15, 0.2) is 6.04 Å². The van der Waals surface area contributed by atoms with Crippen LogP contribution < -0.4 is 10.2 Å². The number of carbonyl (C=O) groups is 2. The lowest BCUT2D eigenvalue weighted by molar-refractivity contribution is -0.142. The molecule has 0 bridgehead atoms. The van der Waals surface area contributed by atoms with Gasteiger partial charge in [-0.1, -0.05) is 18.2 Å². The van der Waals surface area contributed by atoms with E-state index in [-0.39, 0.29) is 6.54 Å². The number of anilines is 1. The molecule has 19 heavy (non-hydrogen) atoms. The van der Waals surface area contributed by atoms with E-state index < -0.39 is 24.6 Å². The van der Waals surface area contributed by atoms with E-state index >= 15 is 0 Å². The molecule has 1 aliphatic heterocycles. The highest BCUT2D eigenvalue weighted by Crippen LogP contribution is 2.26. The number of alkyl halides is 1. The van der Waals surface area contributed by atoms with Crippen LogP contribution in [0.2, 0.25) is 0 Å². The number of fused-ring (bicyclic) bond motifs is 1. The first-order valence-corrected chi connectivity index (χ1v) is 6.03. The quantitative estimate of drug-likeness (QED) is 0.818. The fourth-order valence-electron chi connectivity index (χ4n) is 2.15. The third-order valence-electron chi connectivity index (χ3n) is 3.11. The number of hydrogen-bond acceptors (Lipinski definition) is 3. The van der Waals surface area contributed by atoms with Gasteiger partial charge < -0.3 is 15.3 Å². The van der Waals surface area contributed by atoms with Crippen LogP contribution in [0.4, 0.5) is 10.1 Å². The Morgan fingerprint density at radius 2 is 2.16 bits per heavy atom. The van der Waals surface area contributed by atoms with Gasteiger partial charge >= 0.3 is 5.97 Å². The smallest absolute Gasteiger partial charge is 0.328 e. The number of carboxylic acid groups (broad SMARTS) is 1. The van der Waals surface area contributed by atoms with Crippen LogP contribution in [0.5, 0.6) is 0 Å². The summed E-state index contributed by atoms with van der Waals surface area (Å²) in [6.45, 7) is -0.363. The van der Waals surface area contributed by atoms with Gasteiger partial charge in [-0.15, -0.1) is 0 Å². The zero-order chi connectivity index (χ0) is 13.8. The summed E-state index contributed by atoms with van der Waals surface area (Å²) in [4.78, 5) is 24.2. The number of hydrogen-bond donors (Lipinski definition) is 2. The number of aliphatic carboxylic acids is 1. The minimum atomic E-state index is -1.47. The number of amides is 1. The molecule has 0 saturated heterocycles. The maximum absolute atomic E-state index is 12.4. The molecule has 0 radical (unpaired) electrons. The number of rotatable bonds is 5. The molecular formula is C13H15FN2O3. The van der Waals surface area contributed by atoms with Crippen molar-refractivity contribution in [3.05, 3.63) is 29.8 Å². The molecule has 6 heteroatoms. The van der Waals surface area contributed by atoms with Crippen molar-refractivity contribution in [2.45, 2.75) is 12.5 Å². The zero-order valence-corrected chi connectivity index (χ0v) is 10.3. The van der Waals surface area contributed by atoms with Crippen molar-refractivity contribution in [1.82, 2.24) is 5.32 Å². The molecule has 2 N–H and O–H groups in total. The monoisotopic (exact) mass is 266 g/mol. The standard InChI is InChI=1S/C13H15FN2O3/c14-7-10(13(18)19)15-12(17)8-16-6-5-9-3-1-2-4-11(9)16/h1-4,10H,5-8H2,(H,15,17)(H,18,19). The SMILES string of the molecule is O=C(CN1CCc2ccccc21)NC(CF)C(=O)O. The van der Waals surface area contributed by atoms with Gasteiger partial charge in [0, 0.05) is 12.2 Å². The van der Waals surface area contributed by atoms with Gasteiger partial charge in [-0.2, -0.15) is 0 Å².